The smallest absolute Gasteiger partial charge is 0.331 e. The minimum atomic E-state index is -1.48. The molecule has 0 aliphatic rings. The first-order valence-corrected chi connectivity index (χ1v) is 13.1. The lowest BCUT2D eigenvalue weighted by atomic mass is 9.80. The summed E-state index contributed by atoms with van der Waals surface area (Å²) in [6, 6.07) is 24.5. The van der Waals surface area contributed by atoms with Crippen molar-refractivity contribution >= 4 is 39.5 Å². The average Bonchev–Trinajstić information content (AvgIpc) is 2.94. The summed E-state index contributed by atoms with van der Waals surface area (Å²) in [5.41, 5.74) is 2.52. The average molecular weight is 580 g/mol. The van der Waals surface area contributed by atoms with Crippen molar-refractivity contribution in [2.75, 3.05) is 20.3 Å². The number of nitrogens with zero attached hydrogens (tertiary/aromatic N) is 1. The number of esters is 3. The van der Waals surface area contributed by atoms with Crippen LogP contribution in [0, 0.1) is 5.92 Å². The van der Waals surface area contributed by atoms with E-state index in [1.807, 2.05) is 60.7 Å². The van der Waals surface area contributed by atoms with Gasteiger partial charge in [0.1, 0.15) is 0 Å². The SMILES string of the molecule is CCOC(=O)C(C(=O)OCC)[C@H](c1ccccc1Br)[C@H](N=C(c1ccccc1)c1ccccc1)C(=O)OC. The molecule has 0 saturated heterocycles. The topological polar surface area (TPSA) is 91.3 Å². The molecule has 38 heavy (non-hydrogen) atoms. The van der Waals surface area contributed by atoms with E-state index in [2.05, 4.69) is 15.9 Å². The van der Waals surface area contributed by atoms with Gasteiger partial charge in [0.25, 0.3) is 0 Å². The summed E-state index contributed by atoms with van der Waals surface area (Å²) in [5.74, 6) is -4.91. The number of hydrogen-bond acceptors (Lipinski definition) is 7. The Bertz CT molecular complexity index is 1200. The zero-order chi connectivity index (χ0) is 27.5. The Morgan fingerprint density at radius 3 is 1.66 bits per heavy atom. The number of rotatable bonds is 11. The van der Waals surface area contributed by atoms with Crippen molar-refractivity contribution in [1.29, 1.82) is 0 Å². The van der Waals surface area contributed by atoms with E-state index in [4.69, 9.17) is 19.2 Å². The molecule has 8 heteroatoms. The third-order valence-corrected chi connectivity index (χ3v) is 6.57. The maximum atomic E-state index is 13.5. The highest BCUT2D eigenvalue weighted by molar-refractivity contribution is 9.10. The van der Waals surface area contributed by atoms with Gasteiger partial charge in [-0.2, -0.15) is 0 Å². The van der Waals surface area contributed by atoms with Crippen LogP contribution in [-0.2, 0) is 28.6 Å². The first-order valence-electron chi connectivity index (χ1n) is 12.3. The molecule has 0 saturated carbocycles. The van der Waals surface area contributed by atoms with E-state index in [0.717, 1.165) is 11.1 Å². The molecule has 0 spiro atoms. The van der Waals surface area contributed by atoms with Crippen LogP contribution in [0.2, 0.25) is 0 Å². The van der Waals surface area contributed by atoms with Crippen molar-refractivity contribution in [3.8, 4) is 0 Å². The monoisotopic (exact) mass is 579 g/mol. The zero-order valence-corrected chi connectivity index (χ0v) is 23.1. The standard InChI is InChI=1S/C30H30BrNO6/c1-4-37-28(33)25(29(34)38-5-2)24(22-18-12-13-19-23(22)31)27(30(35)36-3)32-26(20-14-8-6-9-15-20)21-16-10-7-11-17-21/h6-19,24-25,27H,4-5H2,1-3H3/t24-,27-/m0/s1. The van der Waals surface area contributed by atoms with Crippen LogP contribution >= 0.6 is 15.9 Å². The molecule has 0 aliphatic heterocycles. The van der Waals surface area contributed by atoms with Crippen LogP contribution in [0.3, 0.4) is 0 Å². The Morgan fingerprint density at radius 1 is 0.737 bits per heavy atom. The van der Waals surface area contributed by atoms with Gasteiger partial charge in [-0.15, -0.1) is 0 Å². The zero-order valence-electron chi connectivity index (χ0n) is 21.5. The molecule has 0 heterocycles. The third-order valence-electron chi connectivity index (χ3n) is 5.85. The molecule has 0 aromatic heterocycles. The van der Waals surface area contributed by atoms with Gasteiger partial charge >= 0.3 is 17.9 Å². The summed E-state index contributed by atoms with van der Waals surface area (Å²) < 4.78 is 16.4. The van der Waals surface area contributed by atoms with E-state index in [1.165, 1.54) is 7.11 Å². The van der Waals surface area contributed by atoms with E-state index < -0.39 is 35.8 Å². The van der Waals surface area contributed by atoms with Crippen molar-refractivity contribution in [2.24, 2.45) is 10.9 Å². The highest BCUT2D eigenvalue weighted by atomic mass is 79.9. The third kappa shape index (κ3) is 6.95. The van der Waals surface area contributed by atoms with Gasteiger partial charge in [0, 0.05) is 21.5 Å². The second-order valence-electron chi connectivity index (χ2n) is 8.21. The first-order chi connectivity index (χ1) is 18.4. The largest absolute Gasteiger partial charge is 0.467 e. The fraction of sp³-hybridized carbons (Fsp3) is 0.267. The van der Waals surface area contributed by atoms with Crippen molar-refractivity contribution in [3.05, 3.63) is 106 Å². The minimum absolute atomic E-state index is 0.0445. The van der Waals surface area contributed by atoms with Crippen LogP contribution in [-0.4, -0.2) is 50.0 Å². The number of aliphatic imine (C=N–C) groups is 1. The maximum Gasteiger partial charge on any atom is 0.331 e. The van der Waals surface area contributed by atoms with Crippen LogP contribution in [0.25, 0.3) is 0 Å². The molecule has 0 radical (unpaired) electrons. The lowest BCUT2D eigenvalue weighted by Gasteiger charge is -2.29. The fourth-order valence-electron chi connectivity index (χ4n) is 4.18. The molecule has 198 valence electrons. The van der Waals surface area contributed by atoms with Crippen LogP contribution in [0.15, 0.2) is 94.4 Å². The number of benzene rings is 3. The summed E-state index contributed by atoms with van der Waals surface area (Å²) in [4.78, 5) is 44.9. The van der Waals surface area contributed by atoms with Gasteiger partial charge in [0.15, 0.2) is 12.0 Å². The number of carbonyl (C=O) groups excluding carboxylic acids is 3. The Morgan fingerprint density at radius 2 is 1.21 bits per heavy atom. The number of ether oxygens (including phenoxy) is 3. The molecule has 2 atom stereocenters. The molecule has 0 bridgehead atoms. The van der Waals surface area contributed by atoms with Gasteiger partial charge in [0.2, 0.25) is 0 Å². The maximum absolute atomic E-state index is 13.5. The molecule has 3 rings (SSSR count). The summed E-state index contributed by atoms with van der Waals surface area (Å²) in [6.07, 6.45) is 0. The Hall–Kier alpha value is -3.78. The predicted molar refractivity (Wildman–Crippen MR) is 148 cm³/mol. The summed E-state index contributed by atoms with van der Waals surface area (Å²) >= 11 is 3.53. The molecule has 3 aromatic carbocycles. The van der Waals surface area contributed by atoms with E-state index in [1.54, 1.807) is 38.1 Å². The second-order valence-corrected chi connectivity index (χ2v) is 9.06. The number of hydrogen-bond donors (Lipinski definition) is 0. The van der Waals surface area contributed by atoms with E-state index in [0.29, 0.717) is 15.7 Å². The van der Waals surface area contributed by atoms with Crippen molar-refractivity contribution < 1.29 is 28.6 Å². The quantitative estimate of drug-likeness (QED) is 0.131. The lowest BCUT2D eigenvalue weighted by Crippen LogP contribution is -2.42. The van der Waals surface area contributed by atoms with E-state index in [-0.39, 0.29) is 13.2 Å². The predicted octanol–water partition coefficient (Wildman–Crippen LogP) is 5.35. The lowest BCUT2D eigenvalue weighted by molar-refractivity contribution is -0.163. The van der Waals surface area contributed by atoms with Gasteiger partial charge in [-0.05, 0) is 25.5 Å². The highest BCUT2D eigenvalue weighted by Crippen LogP contribution is 2.37. The van der Waals surface area contributed by atoms with Crippen LogP contribution in [0.1, 0.15) is 36.5 Å². The highest BCUT2D eigenvalue weighted by Gasteiger charge is 2.46. The van der Waals surface area contributed by atoms with E-state index in [9.17, 15) is 14.4 Å². The van der Waals surface area contributed by atoms with E-state index >= 15 is 0 Å². The molecule has 0 N–H and O–H groups in total. The van der Waals surface area contributed by atoms with Crippen LogP contribution < -0.4 is 0 Å². The molecule has 0 fully saturated rings. The Balaban J connectivity index is 2.34. The normalized spacial score (nSPS) is 12.2. The molecule has 7 nitrogen and oxygen atoms in total. The second kappa shape index (κ2) is 14.2. The summed E-state index contributed by atoms with van der Waals surface area (Å²) in [5, 5.41) is 0. The summed E-state index contributed by atoms with van der Waals surface area (Å²) in [7, 11) is 1.25. The molecule has 0 aliphatic carbocycles. The van der Waals surface area contributed by atoms with Crippen molar-refractivity contribution in [2.45, 2.75) is 25.8 Å². The molecule has 0 unspecified atom stereocenters. The molecule has 3 aromatic rings. The first kappa shape index (κ1) is 28.8. The molecule has 0 amide bonds. The van der Waals surface area contributed by atoms with Crippen molar-refractivity contribution in [1.82, 2.24) is 0 Å². The van der Waals surface area contributed by atoms with Gasteiger partial charge in [0.05, 0.1) is 26.0 Å². The van der Waals surface area contributed by atoms with Gasteiger partial charge in [-0.1, -0.05) is 94.8 Å². The Labute approximate surface area is 231 Å². The summed E-state index contributed by atoms with van der Waals surface area (Å²) in [6.45, 7) is 3.38. The fourth-order valence-corrected chi connectivity index (χ4v) is 4.73. The number of carbonyl (C=O) groups is 3. The van der Waals surface area contributed by atoms with Gasteiger partial charge < -0.3 is 14.2 Å². The van der Waals surface area contributed by atoms with Gasteiger partial charge in [-0.3, -0.25) is 14.6 Å². The molecular weight excluding hydrogens is 550 g/mol. The minimum Gasteiger partial charge on any atom is -0.467 e. The van der Waals surface area contributed by atoms with Gasteiger partial charge in [-0.25, -0.2) is 4.79 Å². The Kier molecular flexibility index (Phi) is 10.8. The number of halogens is 1. The number of methoxy groups -OCH3 is 1. The molecular formula is C30H30BrNO6. The van der Waals surface area contributed by atoms with Crippen LogP contribution in [0.5, 0.6) is 0 Å². The van der Waals surface area contributed by atoms with Crippen molar-refractivity contribution in [3.63, 3.8) is 0 Å². The van der Waals surface area contributed by atoms with Crippen LogP contribution in [0.4, 0.5) is 0 Å².